The van der Waals surface area contributed by atoms with Crippen LogP contribution in [0.3, 0.4) is 0 Å². The Labute approximate surface area is 602 Å². The fourth-order valence-electron chi connectivity index (χ4n) is 12.5. The fourth-order valence-corrected chi connectivity index (χ4v) is 14.9. The van der Waals surface area contributed by atoms with Crippen molar-refractivity contribution in [2.75, 3.05) is 27.4 Å². The number of aliphatic hydroxyl groups excluding tert-OH is 2. The molecule has 0 saturated carbocycles. The third kappa shape index (κ3) is 20.0. The van der Waals surface area contributed by atoms with Gasteiger partial charge in [-0.2, -0.15) is 0 Å². The maximum atomic E-state index is 14.7. The first-order chi connectivity index (χ1) is 50.0. The molecule has 4 fully saturated rings. The second kappa shape index (κ2) is 37.6. The van der Waals surface area contributed by atoms with Gasteiger partial charge in [0.2, 0.25) is 0 Å². The number of hydrogen-bond acceptors (Lipinski definition) is 26. The first kappa shape index (κ1) is 79.8. The Balaban J connectivity index is 1.18. The molecule has 0 aromatic heterocycles. The lowest BCUT2D eigenvalue weighted by molar-refractivity contribution is -0.375. The molecule has 0 bridgehead atoms. The number of carbonyl (C=O) groups is 5. The molecule has 31 heteroatoms. The summed E-state index contributed by atoms with van der Waals surface area (Å²) in [4.78, 5) is 77.3. The fraction of sp³-hybridized carbons (Fsp3) is 0.521. The minimum atomic E-state index is -3.01. The summed E-state index contributed by atoms with van der Waals surface area (Å²) in [5, 5.41) is 30.1. The monoisotopic (exact) mass is 1460 g/mol. The minimum Gasteiger partial charge on any atom is -0.467 e. The Morgan fingerprint density at radius 1 is 0.510 bits per heavy atom. The number of hydrogen-bond donors (Lipinski definition) is 2. The number of methoxy groups -OCH3 is 2. The Morgan fingerprint density at radius 2 is 0.885 bits per heavy atom. The topological polar surface area (TPSA) is 380 Å². The highest BCUT2D eigenvalue weighted by molar-refractivity contribution is 6.74. The van der Waals surface area contributed by atoms with Crippen molar-refractivity contribution in [1.82, 2.24) is 0 Å². The molecule has 0 amide bonds. The van der Waals surface area contributed by atoms with Gasteiger partial charge in [0.05, 0.1) is 58.9 Å². The summed E-state index contributed by atoms with van der Waals surface area (Å²) in [6.45, 7) is 11.9. The van der Waals surface area contributed by atoms with Gasteiger partial charge in [0.1, 0.15) is 73.6 Å². The zero-order valence-electron chi connectivity index (χ0n) is 59.4. The summed E-state index contributed by atoms with van der Waals surface area (Å²) >= 11 is 0. The predicted molar refractivity (Wildman–Crippen MR) is 368 cm³/mol. The van der Waals surface area contributed by atoms with Crippen molar-refractivity contribution in [2.45, 2.75) is 209 Å². The number of nitrogens with zero attached hydrogens (tertiary/aromatic N) is 6. The molecule has 104 heavy (non-hydrogen) atoms. The third-order valence-electron chi connectivity index (χ3n) is 19.1. The largest absolute Gasteiger partial charge is 0.467 e. The van der Waals surface area contributed by atoms with E-state index in [4.69, 9.17) is 80.2 Å². The second-order valence-corrected chi connectivity index (χ2v) is 31.1. The van der Waals surface area contributed by atoms with E-state index in [1.165, 1.54) is 19.1 Å². The van der Waals surface area contributed by atoms with E-state index in [0.717, 1.165) is 21.1 Å². The van der Waals surface area contributed by atoms with E-state index in [1.807, 2.05) is 40.8 Å². The molecule has 5 aromatic carbocycles. The summed E-state index contributed by atoms with van der Waals surface area (Å²) < 4.78 is 110. The van der Waals surface area contributed by atoms with Crippen LogP contribution in [0.5, 0.6) is 0 Å². The van der Waals surface area contributed by atoms with Crippen molar-refractivity contribution >= 4 is 38.2 Å². The van der Waals surface area contributed by atoms with Gasteiger partial charge in [-0.25, -0.2) is 14.4 Å². The molecular formula is C73H90N6O24Si. The van der Waals surface area contributed by atoms with Crippen LogP contribution in [0.2, 0.25) is 18.1 Å². The summed E-state index contributed by atoms with van der Waals surface area (Å²) in [6, 6.07) is 39.7. The molecule has 560 valence electrons. The smallest absolute Gasteiger partial charge is 0.338 e. The molecule has 2 N–H and O–H groups in total. The number of ether oxygens (including phenoxy) is 16. The standard InChI is InChI=1S/C73H90N6O24Si/c1-42(2)73(5,6)104(9,10)103-72-65(95-44(4)82)59(92-40-48-32-22-14-23-33-48)61(63(102-72)68(86)88-8)100-70-53(77-79-75)57(90-38-46-28-18-12-19-29-46)55(51(97-70)41-93-66(84)49-34-24-15-25-35-49)98-71-64(94-43(3)81)58(91-39-47-30-20-13-21-31-47)60(62(101-71)67(85)87-7)99-69-52(76-78-74)56(54(83)50(36-80)96-69)89-37-45-26-16-11-17-27-45/h11-35,42,50-65,69-72,80,83H,36-41H2,1-10H3/t50-,51-,52-,53-,54-,55-,56-,57-,58+,59+,60+,61+,62-,63-,64-,65-,69-,70-,71-,72-/m1/s1. The Morgan fingerprint density at radius 3 is 1.29 bits per heavy atom. The number of azide groups is 2. The van der Waals surface area contributed by atoms with Crippen molar-refractivity contribution in [3.63, 3.8) is 0 Å². The maximum absolute atomic E-state index is 14.7. The first-order valence-electron chi connectivity index (χ1n) is 34.0. The van der Waals surface area contributed by atoms with Gasteiger partial charge in [-0.05, 0) is 69.5 Å². The predicted octanol–water partition coefficient (Wildman–Crippen LogP) is 8.82. The summed E-state index contributed by atoms with van der Waals surface area (Å²) in [6.07, 6.45) is -31.0. The van der Waals surface area contributed by atoms with E-state index >= 15 is 0 Å². The Bertz CT molecular complexity index is 3680. The van der Waals surface area contributed by atoms with Crippen molar-refractivity contribution in [3.8, 4) is 0 Å². The van der Waals surface area contributed by atoms with Crippen LogP contribution in [0.25, 0.3) is 20.9 Å². The highest BCUT2D eigenvalue weighted by Gasteiger charge is 2.62. The van der Waals surface area contributed by atoms with Crippen LogP contribution in [-0.2, 0) is 126 Å². The lowest BCUT2D eigenvalue weighted by Gasteiger charge is -2.52. The van der Waals surface area contributed by atoms with Gasteiger partial charge in [-0.3, -0.25) is 9.59 Å². The highest BCUT2D eigenvalue weighted by Crippen LogP contribution is 2.47. The molecule has 4 aliphatic heterocycles. The molecule has 4 heterocycles. The summed E-state index contributed by atoms with van der Waals surface area (Å²) in [5.74, 6) is -4.72. The SMILES string of the molecule is COC(=O)[C@@H]1O[C@H](O[Si](C)(C)C(C)(C)C(C)C)[C@H](OC(C)=O)[C@@H](OCc2ccccc2)[C@@H]1O[C@H]1O[C@H](COC(=O)c2ccccc2)[C@@H](O[C@@H]2O[C@@H](C(=O)OC)[C@@H](O[C@H]3O[C@H](CO)[C@@H](O)[C@H](OCc4ccccc4)[C@H]3N=[N+]=[N-])[C@H](OCc3ccccc3)[C@H]2OC(C)=O)[C@H](OCc2ccccc2)[C@H]1N=[N+]=[N-]. The van der Waals surface area contributed by atoms with Gasteiger partial charge in [-0.1, -0.05) is 177 Å². The van der Waals surface area contributed by atoms with E-state index in [1.54, 1.807) is 140 Å². The van der Waals surface area contributed by atoms with E-state index < -0.39 is 179 Å². The van der Waals surface area contributed by atoms with Crippen LogP contribution < -0.4 is 0 Å². The molecule has 0 radical (unpaired) electrons. The van der Waals surface area contributed by atoms with Crippen LogP contribution in [-0.4, -0.2) is 199 Å². The van der Waals surface area contributed by atoms with Crippen molar-refractivity contribution in [3.05, 3.63) is 200 Å². The normalized spacial score (nSPS) is 29.2. The molecule has 0 spiro atoms. The lowest BCUT2D eigenvalue weighted by atomic mass is 9.93. The van der Waals surface area contributed by atoms with Gasteiger partial charge < -0.3 is 90.4 Å². The molecular weight excluding hydrogens is 1370 g/mol. The number of esters is 5. The first-order valence-corrected chi connectivity index (χ1v) is 36.9. The molecule has 0 aliphatic carbocycles. The van der Waals surface area contributed by atoms with E-state index in [2.05, 4.69) is 20.1 Å². The van der Waals surface area contributed by atoms with Crippen molar-refractivity contribution in [2.24, 2.45) is 16.1 Å². The highest BCUT2D eigenvalue weighted by atomic mass is 28.4. The lowest BCUT2D eigenvalue weighted by Crippen LogP contribution is -2.69. The molecule has 4 aliphatic rings. The number of benzene rings is 5. The van der Waals surface area contributed by atoms with Crippen LogP contribution in [0.15, 0.2) is 162 Å². The number of rotatable bonds is 32. The van der Waals surface area contributed by atoms with Crippen molar-refractivity contribution in [1.29, 1.82) is 0 Å². The molecule has 4 saturated heterocycles. The molecule has 20 atom stereocenters. The van der Waals surface area contributed by atoms with Gasteiger partial charge in [0.15, 0.2) is 57.9 Å². The molecule has 5 aromatic rings. The number of aliphatic hydroxyl groups is 2. The summed E-state index contributed by atoms with van der Waals surface area (Å²) in [5.41, 5.74) is 23.4. The molecule has 9 rings (SSSR count). The van der Waals surface area contributed by atoms with E-state index in [9.17, 15) is 45.2 Å². The Kier molecular flexibility index (Phi) is 28.9. The minimum absolute atomic E-state index is 0.0639. The van der Waals surface area contributed by atoms with Gasteiger partial charge in [0, 0.05) is 23.7 Å². The average Bonchev–Trinajstić information content (AvgIpc) is 0.759. The number of carbonyl (C=O) groups excluding carboxylic acids is 5. The maximum Gasteiger partial charge on any atom is 0.338 e. The van der Waals surface area contributed by atoms with Crippen LogP contribution in [0.1, 0.15) is 74.2 Å². The van der Waals surface area contributed by atoms with Gasteiger partial charge in [0.25, 0.3) is 0 Å². The van der Waals surface area contributed by atoms with Crippen LogP contribution >= 0.6 is 0 Å². The second-order valence-electron chi connectivity index (χ2n) is 26.5. The van der Waals surface area contributed by atoms with Crippen LogP contribution in [0.4, 0.5) is 0 Å². The zero-order valence-corrected chi connectivity index (χ0v) is 60.4. The van der Waals surface area contributed by atoms with E-state index in [0.29, 0.717) is 22.3 Å². The summed E-state index contributed by atoms with van der Waals surface area (Å²) in [7, 11) is -0.841. The van der Waals surface area contributed by atoms with Crippen LogP contribution in [0, 0.1) is 5.92 Å². The Hall–Kier alpha value is -8.27. The molecule has 0 unspecified atom stereocenters. The van der Waals surface area contributed by atoms with Gasteiger partial charge in [-0.15, -0.1) is 0 Å². The zero-order chi connectivity index (χ0) is 74.7. The molecule has 30 nitrogen and oxygen atoms in total. The third-order valence-corrected chi connectivity index (χ3v) is 23.6. The van der Waals surface area contributed by atoms with Gasteiger partial charge >= 0.3 is 29.8 Å². The van der Waals surface area contributed by atoms with Crippen molar-refractivity contribution < 1.29 is 114 Å². The van der Waals surface area contributed by atoms with E-state index in [-0.39, 0.29) is 37.9 Å². The quantitative estimate of drug-likeness (QED) is 0.0101. The average molecular weight is 1460 g/mol.